The van der Waals surface area contributed by atoms with E-state index in [0.29, 0.717) is 42.5 Å². The molecule has 168 valence electrons. The summed E-state index contributed by atoms with van der Waals surface area (Å²) < 4.78 is 11.3. The van der Waals surface area contributed by atoms with Crippen molar-refractivity contribution in [2.75, 3.05) is 25.2 Å². The molecule has 0 aliphatic carbocycles. The van der Waals surface area contributed by atoms with Crippen LogP contribution in [-0.2, 0) is 0 Å². The minimum atomic E-state index is -0.307. The number of hydrazone groups is 2. The van der Waals surface area contributed by atoms with Crippen molar-refractivity contribution in [3.8, 4) is 23.6 Å². The quantitative estimate of drug-likeness (QED) is 0.486. The molecule has 0 unspecified atom stereocenters. The lowest BCUT2D eigenvalue weighted by Crippen LogP contribution is -2.32. The predicted octanol–water partition coefficient (Wildman–Crippen LogP) is 3.94. The average molecular weight is 444 g/mol. The van der Waals surface area contributed by atoms with Crippen LogP contribution in [0.25, 0.3) is 0 Å². The monoisotopic (exact) mass is 444 g/mol. The summed E-state index contributed by atoms with van der Waals surface area (Å²) in [6.45, 7) is 5.38. The minimum absolute atomic E-state index is 0.253. The molecule has 2 aromatic carbocycles. The summed E-state index contributed by atoms with van der Waals surface area (Å²) in [6, 6.07) is 15.7. The first kappa shape index (κ1) is 23.3. The van der Waals surface area contributed by atoms with Crippen LogP contribution in [-0.4, -0.2) is 42.1 Å². The first-order valence-electron chi connectivity index (χ1n) is 10.6. The van der Waals surface area contributed by atoms with E-state index in [4.69, 9.17) is 20.0 Å². The lowest BCUT2D eigenvalue weighted by molar-refractivity contribution is 0.0751. The Balaban J connectivity index is 1.82. The molecule has 0 saturated heterocycles. The lowest BCUT2D eigenvalue weighted by Gasteiger charge is -2.24. The number of amides is 1. The number of anilines is 1. The molecule has 9 nitrogen and oxygen atoms in total. The van der Waals surface area contributed by atoms with Crippen LogP contribution in [0.5, 0.6) is 11.5 Å². The number of ether oxygens (including phenoxy) is 2. The van der Waals surface area contributed by atoms with Crippen LogP contribution in [0.1, 0.15) is 42.6 Å². The van der Waals surface area contributed by atoms with Crippen LogP contribution in [0.15, 0.2) is 52.7 Å². The summed E-state index contributed by atoms with van der Waals surface area (Å²) in [5.41, 5.74) is 4.89. The van der Waals surface area contributed by atoms with Gasteiger partial charge < -0.3 is 9.47 Å². The molecule has 1 aliphatic heterocycles. The highest BCUT2D eigenvalue weighted by Gasteiger charge is 2.22. The summed E-state index contributed by atoms with van der Waals surface area (Å²) in [5, 5.41) is 27.3. The predicted molar refractivity (Wildman–Crippen MR) is 124 cm³/mol. The largest absolute Gasteiger partial charge is 0.490 e. The number of benzene rings is 2. The van der Waals surface area contributed by atoms with Crippen molar-refractivity contribution < 1.29 is 14.3 Å². The van der Waals surface area contributed by atoms with E-state index in [0.717, 1.165) is 24.1 Å². The van der Waals surface area contributed by atoms with E-state index in [1.54, 1.807) is 36.4 Å². The van der Waals surface area contributed by atoms with Gasteiger partial charge in [-0.2, -0.15) is 20.7 Å². The van der Waals surface area contributed by atoms with Crippen molar-refractivity contribution in [3.05, 3.63) is 53.6 Å². The average Bonchev–Trinajstić information content (AvgIpc) is 2.86. The van der Waals surface area contributed by atoms with E-state index < -0.39 is 0 Å². The second kappa shape index (κ2) is 11.3. The van der Waals surface area contributed by atoms with Gasteiger partial charge in [0.15, 0.2) is 11.5 Å². The number of carbonyl (C=O) groups is 1. The summed E-state index contributed by atoms with van der Waals surface area (Å²) >= 11 is 0. The molecule has 0 aromatic heterocycles. The molecule has 0 bridgehead atoms. The molecule has 33 heavy (non-hydrogen) atoms. The third-order valence-electron chi connectivity index (χ3n) is 4.75. The van der Waals surface area contributed by atoms with E-state index in [9.17, 15) is 4.79 Å². The standard InChI is InChI=1S/C24H24N6O3/c1-3-32-22-11-10-17(14-23(22)33-4-2)21-9-6-12-30(29-21)24(31)18-7-5-8-19(13-18)27-28-20(15-25)16-26/h5,7-8,10-11,13-14,27H,3-4,6,9,12H2,1-2H3. The highest BCUT2D eigenvalue weighted by Crippen LogP contribution is 2.30. The fraction of sp³-hybridized carbons (Fsp3) is 0.292. The molecule has 0 saturated carbocycles. The van der Waals surface area contributed by atoms with Crippen LogP contribution in [0.4, 0.5) is 5.69 Å². The molecule has 0 atom stereocenters. The van der Waals surface area contributed by atoms with Crippen molar-refractivity contribution in [2.24, 2.45) is 10.2 Å². The SMILES string of the molecule is CCOc1ccc(C2=NN(C(=O)c3cccc(NN=C(C#N)C#N)c3)CCC2)cc1OCC. The van der Waals surface area contributed by atoms with Gasteiger partial charge in [-0.15, -0.1) is 0 Å². The van der Waals surface area contributed by atoms with Crippen molar-refractivity contribution in [1.29, 1.82) is 10.5 Å². The van der Waals surface area contributed by atoms with Gasteiger partial charge in [0, 0.05) is 17.7 Å². The molecule has 1 amide bonds. The number of nitrogens with one attached hydrogen (secondary N) is 1. The molecule has 1 aliphatic rings. The van der Waals surface area contributed by atoms with Crippen LogP contribution in [0, 0.1) is 22.7 Å². The zero-order valence-electron chi connectivity index (χ0n) is 18.5. The van der Waals surface area contributed by atoms with Gasteiger partial charge in [-0.25, -0.2) is 5.01 Å². The number of hydrogen-bond donors (Lipinski definition) is 1. The molecule has 0 fully saturated rings. The molecule has 1 N–H and O–H groups in total. The normalized spacial score (nSPS) is 12.6. The first-order valence-corrected chi connectivity index (χ1v) is 10.6. The highest BCUT2D eigenvalue weighted by atomic mass is 16.5. The van der Waals surface area contributed by atoms with Gasteiger partial charge >= 0.3 is 0 Å². The lowest BCUT2D eigenvalue weighted by atomic mass is 10.0. The molecule has 9 heteroatoms. The summed E-state index contributed by atoms with van der Waals surface area (Å²) in [5.74, 6) is 1.07. The Labute approximate surface area is 192 Å². The fourth-order valence-corrected chi connectivity index (χ4v) is 3.29. The third-order valence-corrected chi connectivity index (χ3v) is 4.75. The van der Waals surface area contributed by atoms with Crippen molar-refractivity contribution in [3.63, 3.8) is 0 Å². The Morgan fingerprint density at radius 1 is 1.12 bits per heavy atom. The first-order chi connectivity index (χ1) is 16.1. The van der Waals surface area contributed by atoms with E-state index in [-0.39, 0.29) is 11.6 Å². The van der Waals surface area contributed by atoms with E-state index in [2.05, 4.69) is 15.6 Å². The maximum atomic E-state index is 13.1. The fourth-order valence-electron chi connectivity index (χ4n) is 3.29. The Morgan fingerprint density at radius 3 is 2.61 bits per heavy atom. The van der Waals surface area contributed by atoms with Gasteiger partial charge in [0.25, 0.3) is 5.91 Å². The maximum absolute atomic E-state index is 13.1. The molecule has 2 aromatic rings. The Hall–Kier alpha value is -4.37. The number of nitrogens with zero attached hydrogens (tertiary/aromatic N) is 5. The highest BCUT2D eigenvalue weighted by molar-refractivity contribution is 6.10. The number of rotatable bonds is 8. The number of hydrogen-bond acceptors (Lipinski definition) is 8. The smallest absolute Gasteiger partial charge is 0.274 e. The topological polar surface area (TPSA) is 123 Å². The second-order valence-electron chi connectivity index (χ2n) is 6.98. The van der Waals surface area contributed by atoms with Crippen LogP contribution >= 0.6 is 0 Å². The van der Waals surface area contributed by atoms with Gasteiger partial charge in [0.2, 0.25) is 5.71 Å². The van der Waals surface area contributed by atoms with Gasteiger partial charge in [-0.1, -0.05) is 6.07 Å². The maximum Gasteiger partial charge on any atom is 0.274 e. The van der Waals surface area contributed by atoms with Gasteiger partial charge in [0.05, 0.1) is 24.6 Å². The van der Waals surface area contributed by atoms with Crippen LogP contribution in [0.3, 0.4) is 0 Å². The third kappa shape index (κ3) is 5.86. The summed E-state index contributed by atoms with van der Waals surface area (Å²) in [7, 11) is 0. The molecular weight excluding hydrogens is 420 g/mol. The van der Waals surface area contributed by atoms with Crippen molar-refractivity contribution in [2.45, 2.75) is 26.7 Å². The zero-order valence-corrected chi connectivity index (χ0v) is 18.5. The van der Waals surface area contributed by atoms with Gasteiger partial charge in [-0.05, 0) is 63.1 Å². The Bertz CT molecular complexity index is 1140. The molecular formula is C24H24N6O3. The van der Waals surface area contributed by atoms with Crippen LogP contribution in [0.2, 0.25) is 0 Å². The Kier molecular flexibility index (Phi) is 7.98. The van der Waals surface area contributed by atoms with Gasteiger partial charge in [0.1, 0.15) is 12.1 Å². The molecule has 3 rings (SSSR count). The minimum Gasteiger partial charge on any atom is -0.490 e. The zero-order chi connectivity index (χ0) is 23.6. The number of carbonyl (C=O) groups excluding carboxylic acids is 1. The van der Waals surface area contributed by atoms with E-state index >= 15 is 0 Å². The number of nitriles is 2. The summed E-state index contributed by atoms with van der Waals surface area (Å²) in [4.78, 5) is 13.1. The molecule has 0 radical (unpaired) electrons. The van der Waals surface area contributed by atoms with Gasteiger partial charge in [-0.3, -0.25) is 10.2 Å². The van der Waals surface area contributed by atoms with Crippen molar-refractivity contribution >= 4 is 23.0 Å². The summed E-state index contributed by atoms with van der Waals surface area (Å²) in [6.07, 6.45) is 1.52. The molecule has 0 spiro atoms. The Morgan fingerprint density at radius 2 is 1.88 bits per heavy atom. The molecule has 1 heterocycles. The second-order valence-corrected chi connectivity index (χ2v) is 6.98. The van der Waals surface area contributed by atoms with Crippen molar-refractivity contribution in [1.82, 2.24) is 5.01 Å². The van der Waals surface area contributed by atoms with E-state index in [1.165, 1.54) is 5.01 Å². The van der Waals surface area contributed by atoms with E-state index in [1.807, 2.05) is 32.0 Å². The van der Waals surface area contributed by atoms with Crippen LogP contribution < -0.4 is 14.9 Å².